The highest BCUT2D eigenvalue weighted by molar-refractivity contribution is 6.33. The Kier molecular flexibility index (Phi) is 4.21. The quantitative estimate of drug-likeness (QED) is 0.672. The predicted molar refractivity (Wildman–Crippen MR) is 82.5 cm³/mol. The van der Waals surface area contributed by atoms with E-state index in [0.29, 0.717) is 22.2 Å². The van der Waals surface area contributed by atoms with Crippen LogP contribution in [0.15, 0.2) is 65.3 Å². The molecule has 0 amide bonds. The van der Waals surface area contributed by atoms with Gasteiger partial charge in [0.05, 0.1) is 10.6 Å². The zero-order valence-corrected chi connectivity index (χ0v) is 12.3. The van der Waals surface area contributed by atoms with Gasteiger partial charge in [-0.25, -0.2) is 9.78 Å². The lowest BCUT2D eigenvalue weighted by atomic mass is 10.2. The summed E-state index contributed by atoms with van der Waals surface area (Å²) in [5, 5.41) is 0.359. The fourth-order valence-corrected chi connectivity index (χ4v) is 2.14. The number of oxazole rings is 1. The van der Waals surface area contributed by atoms with E-state index in [1.54, 1.807) is 24.3 Å². The van der Waals surface area contributed by atoms with Crippen LogP contribution in [0.3, 0.4) is 0 Å². The van der Waals surface area contributed by atoms with Crippen molar-refractivity contribution in [1.29, 1.82) is 0 Å². The standard InChI is InChI=1S/C17H12ClNO3/c18-15-9-5-4-8-14(15)17(20)22-11-13-10-21-16(19-13)12-6-2-1-3-7-12/h1-10H,11H2. The van der Waals surface area contributed by atoms with Crippen molar-refractivity contribution in [3.05, 3.63) is 77.1 Å². The van der Waals surface area contributed by atoms with E-state index in [0.717, 1.165) is 5.56 Å². The number of rotatable bonds is 4. The molecule has 0 atom stereocenters. The molecule has 1 aromatic heterocycles. The van der Waals surface area contributed by atoms with Gasteiger partial charge >= 0.3 is 5.97 Å². The molecule has 2 aromatic carbocycles. The minimum Gasteiger partial charge on any atom is -0.455 e. The first kappa shape index (κ1) is 14.4. The summed E-state index contributed by atoms with van der Waals surface area (Å²) in [6.45, 7) is 0.0282. The number of aromatic nitrogens is 1. The molecule has 110 valence electrons. The van der Waals surface area contributed by atoms with E-state index in [-0.39, 0.29) is 6.61 Å². The zero-order chi connectivity index (χ0) is 15.4. The van der Waals surface area contributed by atoms with Crippen LogP contribution >= 0.6 is 11.6 Å². The number of carbonyl (C=O) groups excluding carboxylic acids is 1. The monoisotopic (exact) mass is 313 g/mol. The lowest BCUT2D eigenvalue weighted by molar-refractivity contribution is 0.0468. The highest BCUT2D eigenvalue weighted by atomic mass is 35.5. The molecule has 0 aliphatic carbocycles. The molecule has 4 nitrogen and oxygen atoms in total. The van der Waals surface area contributed by atoms with E-state index in [9.17, 15) is 4.79 Å². The van der Waals surface area contributed by atoms with Gasteiger partial charge in [-0.2, -0.15) is 0 Å². The lowest BCUT2D eigenvalue weighted by Gasteiger charge is -2.03. The van der Waals surface area contributed by atoms with Crippen LogP contribution < -0.4 is 0 Å². The molecule has 0 spiro atoms. The van der Waals surface area contributed by atoms with Crippen molar-refractivity contribution in [2.45, 2.75) is 6.61 Å². The third-order valence-corrected chi connectivity index (χ3v) is 3.35. The van der Waals surface area contributed by atoms with Crippen LogP contribution in [0.2, 0.25) is 5.02 Å². The van der Waals surface area contributed by atoms with Gasteiger partial charge in [-0.05, 0) is 24.3 Å². The number of ether oxygens (including phenoxy) is 1. The molecule has 22 heavy (non-hydrogen) atoms. The second-order valence-electron chi connectivity index (χ2n) is 4.57. The Morgan fingerprint density at radius 2 is 1.82 bits per heavy atom. The lowest BCUT2D eigenvalue weighted by Crippen LogP contribution is -2.06. The zero-order valence-electron chi connectivity index (χ0n) is 11.5. The van der Waals surface area contributed by atoms with Gasteiger partial charge in [0.2, 0.25) is 5.89 Å². The van der Waals surface area contributed by atoms with Crippen LogP contribution in [0.5, 0.6) is 0 Å². The van der Waals surface area contributed by atoms with Crippen molar-refractivity contribution < 1.29 is 13.9 Å². The highest BCUT2D eigenvalue weighted by Crippen LogP contribution is 2.19. The van der Waals surface area contributed by atoms with Gasteiger partial charge in [-0.3, -0.25) is 0 Å². The summed E-state index contributed by atoms with van der Waals surface area (Å²) < 4.78 is 10.6. The Bertz CT molecular complexity index is 783. The molecule has 0 saturated heterocycles. The first-order valence-electron chi connectivity index (χ1n) is 6.65. The van der Waals surface area contributed by atoms with E-state index < -0.39 is 5.97 Å². The van der Waals surface area contributed by atoms with Crippen molar-refractivity contribution in [2.24, 2.45) is 0 Å². The normalized spacial score (nSPS) is 10.4. The summed E-state index contributed by atoms with van der Waals surface area (Å²) >= 11 is 5.95. The molecule has 5 heteroatoms. The second-order valence-corrected chi connectivity index (χ2v) is 4.97. The maximum atomic E-state index is 12.0. The van der Waals surface area contributed by atoms with Crippen molar-refractivity contribution >= 4 is 17.6 Å². The van der Waals surface area contributed by atoms with Crippen LogP contribution in [0.1, 0.15) is 16.1 Å². The van der Waals surface area contributed by atoms with Gasteiger partial charge in [-0.15, -0.1) is 0 Å². The molecule has 3 rings (SSSR count). The summed E-state index contributed by atoms with van der Waals surface area (Å²) in [5.41, 5.74) is 1.74. The maximum Gasteiger partial charge on any atom is 0.340 e. The predicted octanol–water partition coefficient (Wildman–Crippen LogP) is 4.35. The minimum atomic E-state index is -0.491. The Morgan fingerprint density at radius 3 is 2.59 bits per heavy atom. The third-order valence-electron chi connectivity index (χ3n) is 3.02. The van der Waals surface area contributed by atoms with Gasteiger partial charge in [0.15, 0.2) is 0 Å². The number of nitrogens with zero attached hydrogens (tertiary/aromatic N) is 1. The highest BCUT2D eigenvalue weighted by Gasteiger charge is 2.13. The first-order chi connectivity index (χ1) is 10.7. The molecule has 0 bridgehead atoms. The Morgan fingerprint density at radius 1 is 1.09 bits per heavy atom. The molecule has 1 heterocycles. The van der Waals surface area contributed by atoms with Crippen molar-refractivity contribution in [3.63, 3.8) is 0 Å². The SMILES string of the molecule is O=C(OCc1coc(-c2ccccc2)n1)c1ccccc1Cl. The summed E-state index contributed by atoms with van der Waals surface area (Å²) in [4.78, 5) is 16.2. The average Bonchev–Trinajstić information content (AvgIpc) is 3.03. The van der Waals surface area contributed by atoms with Gasteiger partial charge in [0.25, 0.3) is 0 Å². The van der Waals surface area contributed by atoms with Crippen LogP contribution in [-0.4, -0.2) is 11.0 Å². The molecule has 0 saturated carbocycles. The van der Waals surface area contributed by atoms with E-state index in [1.165, 1.54) is 6.26 Å². The molecular weight excluding hydrogens is 302 g/mol. The van der Waals surface area contributed by atoms with Crippen LogP contribution in [0, 0.1) is 0 Å². The van der Waals surface area contributed by atoms with Crippen molar-refractivity contribution in [1.82, 2.24) is 4.98 Å². The van der Waals surface area contributed by atoms with Crippen molar-refractivity contribution in [3.8, 4) is 11.5 Å². The average molecular weight is 314 g/mol. The molecular formula is C17H12ClNO3. The van der Waals surface area contributed by atoms with Crippen LogP contribution in [-0.2, 0) is 11.3 Å². The summed E-state index contributed by atoms with van der Waals surface area (Å²) in [6.07, 6.45) is 1.47. The fourth-order valence-electron chi connectivity index (χ4n) is 1.93. The Labute approximate surface area is 132 Å². The number of hydrogen-bond acceptors (Lipinski definition) is 4. The molecule has 0 unspecified atom stereocenters. The molecule has 0 aliphatic rings. The summed E-state index contributed by atoms with van der Waals surface area (Å²) in [6, 6.07) is 16.2. The number of benzene rings is 2. The summed E-state index contributed by atoms with van der Waals surface area (Å²) in [5.74, 6) is -0.000691. The Balaban J connectivity index is 1.67. The third kappa shape index (κ3) is 3.18. The first-order valence-corrected chi connectivity index (χ1v) is 7.03. The van der Waals surface area contributed by atoms with Crippen LogP contribution in [0.25, 0.3) is 11.5 Å². The molecule has 0 N–H and O–H groups in total. The molecule has 3 aromatic rings. The van der Waals surface area contributed by atoms with Gasteiger partial charge in [0, 0.05) is 5.56 Å². The van der Waals surface area contributed by atoms with Gasteiger partial charge in [0.1, 0.15) is 18.6 Å². The smallest absolute Gasteiger partial charge is 0.340 e. The number of halogens is 1. The summed E-state index contributed by atoms with van der Waals surface area (Å²) in [7, 11) is 0. The Hall–Kier alpha value is -2.59. The van der Waals surface area contributed by atoms with Gasteiger partial charge < -0.3 is 9.15 Å². The van der Waals surface area contributed by atoms with Gasteiger partial charge in [-0.1, -0.05) is 41.9 Å². The molecule has 0 radical (unpaired) electrons. The van der Waals surface area contributed by atoms with E-state index in [4.69, 9.17) is 20.8 Å². The topological polar surface area (TPSA) is 52.3 Å². The number of hydrogen-bond donors (Lipinski definition) is 0. The van der Waals surface area contributed by atoms with Crippen LogP contribution in [0.4, 0.5) is 0 Å². The van der Waals surface area contributed by atoms with Crippen molar-refractivity contribution in [2.75, 3.05) is 0 Å². The van der Waals surface area contributed by atoms with E-state index in [2.05, 4.69) is 4.98 Å². The largest absolute Gasteiger partial charge is 0.455 e. The number of carbonyl (C=O) groups is 1. The fraction of sp³-hybridized carbons (Fsp3) is 0.0588. The van der Waals surface area contributed by atoms with E-state index in [1.807, 2.05) is 30.3 Å². The second kappa shape index (κ2) is 6.45. The minimum absolute atomic E-state index is 0.0282. The van der Waals surface area contributed by atoms with E-state index >= 15 is 0 Å². The molecule has 0 aliphatic heterocycles. The maximum absolute atomic E-state index is 12.0. The number of esters is 1. The molecule has 0 fully saturated rings.